The van der Waals surface area contributed by atoms with Crippen LogP contribution in [0.15, 0.2) is 0 Å². The predicted molar refractivity (Wildman–Crippen MR) is 103 cm³/mol. The van der Waals surface area contributed by atoms with Crippen molar-refractivity contribution in [3.8, 4) is 0 Å². The van der Waals surface area contributed by atoms with E-state index in [1.54, 1.807) is 6.42 Å². The number of fused-ring (bicyclic) bond motifs is 1. The minimum atomic E-state index is 0.500. The van der Waals surface area contributed by atoms with Crippen LogP contribution in [0.1, 0.15) is 101 Å². The van der Waals surface area contributed by atoms with Crippen molar-refractivity contribution in [2.45, 2.75) is 101 Å². The number of hydrogen-bond donors (Lipinski definition) is 0. The third kappa shape index (κ3) is 5.57. The molecule has 2 aliphatic carbocycles. The standard InChI is InChI=1S/C15H28.C5H12.C2H6/c1-5-10(6-2)14-12(8-4)15-11(7-3)9-13(14)15;1-5(2,3)4;1-2/h10-15H,5-9H2,1-4H3;1-4H3;1-2H3. The zero-order valence-electron chi connectivity index (χ0n) is 17.5. The molecule has 0 amide bonds. The first-order chi connectivity index (χ1) is 10.3. The second kappa shape index (κ2) is 9.99. The van der Waals surface area contributed by atoms with E-state index in [1.165, 1.54) is 25.7 Å². The maximum Gasteiger partial charge on any atom is -0.0323 e. The fourth-order valence-corrected chi connectivity index (χ4v) is 4.84. The molecule has 0 aromatic heterocycles. The number of hydrogen-bond acceptors (Lipinski definition) is 0. The maximum atomic E-state index is 2.42. The van der Waals surface area contributed by atoms with Gasteiger partial charge >= 0.3 is 0 Å². The highest BCUT2D eigenvalue weighted by molar-refractivity contribution is 5.07. The van der Waals surface area contributed by atoms with Gasteiger partial charge in [0.2, 0.25) is 0 Å². The Kier molecular flexibility index (Phi) is 9.99. The summed E-state index contributed by atoms with van der Waals surface area (Å²) < 4.78 is 0. The molecule has 0 N–H and O–H groups in total. The number of rotatable bonds is 5. The molecule has 5 atom stereocenters. The van der Waals surface area contributed by atoms with Gasteiger partial charge in [0.1, 0.15) is 0 Å². The van der Waals surface area contributed by atoms with E-state index in [1.807, 2.05) is 13.8 Å². The highest BCUT2D eigenvalue weighted by Gasteiger charge is 2.59. The van der Waals surface area contributed by atoms with Gasteiger partial charge in [-0.15, -0.1) is 0 Å². The first-order valence-corrected chi connectivity index (χ1v) is 10.3. The maximum absolute atomic E-state index is 2.42. The molecule has 0 bridgehead atoms. The SMILES string of the molecule is CC.CC(C)(C)C.CCC(CC)C1C(CC)C2C(CC)CC12. The van der Waals surface area contributed by atoms with Crippen molar-refractivity contribution in [2.75, 3.05) is 0 Å². The lowest BCUT2D eigenvalue weighted by Crippen LogP contribution is -2.60. The van der Waals surface area contributed by atoms with Crippen LogP contribution < -0.4 is 0 Å². The molecule has 2 aliphatic rings. The van der Waals surface area contributed by atoms with Gasteiger partial charge in [0.05, 0.1) is 0 Å². The van der Waals surface area contributed by atoms with E-state index >= 15 is 0 Å². The highest BCUT2D eigenvalue weighted by atomic mass is 14.6. The molecule has 0 aromatic carbocycles. The summed E-state index contributed by atoms with van der Waals surface area (Å²) in [7, 11) is 0. The molecular formula is C22H46. The Morgan fingerprint density at radius 3 is 1.64 bits per heavy atom. The van der Waals surface area contributed by atoms with Gasteiger partial charge in [0, 0.05) is 0 Å². The third-order valence-electron chi connectivity index (χ3n) is 5.69. The minimum Gasteiger partial charge on any atom is -0.0683 e. The van der Waals surface area contributed by atoms with Crippen LogP contribution in [0, 0.1) is 40.9 Å². The van der Waals surface area contributed by atoms with Crippen LogP contribution in [-0.4, -0.2) is 0 Å². The molecule has 0 heteroatoms. The first kappa shape index (κ1) is 22.0. The normalized spacial score (nSPS) is 32.6. The topological polar surface area (TPSA) is 0 Å². The van der Waals surface area contributed by atoms with Gasteiger partial charge in [-0.05, 0) is 47.3 Å². The van der Waals surface area contributed by atoms with Crippen molar-refractivity contribution in [2.24, 2.45) is 40.9 Å². The molecule has 0 heterocycles. The average molecular weight is 311 g/mol. The molecule has 0 spiro atoms. The summed E-state index contributed by atoms with van der Waals surface area (Å²) in [4.78, 5) is 0. The van der Waals surface area contributed by atoms with Crippen LogP contribution in [0.2, 0.25) is 0 Å². The van der Waals surface area contributed by atoms with Crippen molar-refractivity contribution in [3.05, 3.63) is 0 Å². The van der Waals surface area contributed by atoms with Crippen LogP contribution in [0.5, 0.6) is 0 Å². The summed E-state index contributed by atoms with van der Waals surface area (Å²) >= 11 is 0. The Balaban J connectivity index is 0.000000540. The summed E-state index contributed by atoms with van der Waals surface area (Å²) in [6.07, 6.45) is 7.28. The summed E-state index contributed by atoms with van der Waals surface area (Å²) in [6.45, 7) is 22.3. The van der Waals surface area contributed by atoms with Gasteiger partial charge in [-0.1, -0.05) is 94.9 Å². The van der Waals surface area contributed by atoms with E-state index in [9.17, 15) is 0 Å². The third-order valence-corrected chi connectivity index (χ3v) is 5.69. The highest BCUT2D eigenvalue weighted by Crippen LogP contribution is 2.66. The molecule has 22 heavy (non-hydrogen) atoms. The van der Waals surface area contributed by atoms with E-state index in [0.29, 0.717) is 5.41 Å². The molecule has 2 fully saturated rings. The summed E-state index contributed by atoms with van der Waals surface area (Å²) in [5, 5.41) is 0. The fourth-order valence-electron chi connectivity index (χ4n) is 4.84. The minimum absolute atomic E-state index is 0.500. The second-order valence-electron chi connectivity index (χ2n) is 8.87. The van der Waals surface area contributed by atoms with Crippen molar-refractivity contribution in [1.29, 1.82) is 0 Å². The van der Waals surface area contributed by atoms with E-state index < -0.39 is 0 Å². The van der Waals surface area contributed by atoms with Crippen molar-refractivity contribution >= 4 is 0 Å². The van der Waals surface area contributed by atoms with Crippen molar-refractivity contribution in [1.82, 2.24) is 0 Å². The Hall–Kier alpha value is 0. The second-order valence-corrected chi connectivity index (χ2v) is 8.87. The molecule has 0 saturated heterocycles. The predicted octanol–water partition coefficient (Wildman–Crippen LogP) is 7.82. The zero-order chi connectivity index (χ0) is 17.5. The van der Waals surface area contributed by atoms with Gasteiger partial charge in [0.15, 0.2) is 0 Å². The molecule has 5 unspecified atom stereocenters. The van der Waals surface area contributed by atoms with Gasteiger partial charge < -0.3 is 0 Å². The zero-order valence-corrected chi connectivity index (χ0v) is 17.5. The Labute approximate surface area is 142 Å². The van der Waals surface area contributed by atoms with E-state index in [4.69, 9.17) is 0 Å². The molecule has 2 saturated carbocycles. The Morgan fingerprint density at radius 1 is 0.864 bits per heavy atom. The lowest BCUT2D eigenvalue weighted by Gasteiger charge is -2.66. The van der Waals surface area contributed by atoms with E-state index in [2.05, 4.69) is 55.4 Å². The first-order valence-electron chi connectivity index (χ1n) is 10.3. The molecule has 2 rings (SSSR count). The Bertz CT molecular complexity index is 262. The van der Waals surface area contributed by atoms with Gasteiger partial charge in [-0.25, -0.2) is 0 Å². The van der Waals surface area contributed by atoms with E-state index in [-0.39, 0.29) is 0 Å². The van der Waals surface area contributed by atoms with Crippen LogP contribution >= 0.6 is 0 Å². The molecule has 0 radical (unpaired) electrons. The van der Waals surface area contributed by atoms with Crippen LogP contribution in [0.4, 0.5) is 0 Å². The Morgan fingerprint density at radius 2 is 1.32 bits per heavy atom. The molecule has 134 valence electrons. The fraction of sp³-hybridized carbons (Fsp3) is 1.00. The van der Waals surface area contributed by atoms with Gasteiger partial charge in [-0.3, -0.25) is 0 Å². The average Bonchev–Trinajstić information content (AvgIpc) is 2.44. The molecule has 0 nitrogen and oxygen atoms in total. The van der Waals surface area contributed by atoms with Crippen LogP contribution in [0.3, 0.4) is 0 Å². The molecular weight excluding hydrogens is 264 g/mol. The van der Waals surface area contributed by atoms with Gasteiger partial charge in [-0.2, -0.15) is 0 Å². The largest absolute Gasteiger partial charge is 0.0683 e. The molecule has 0 aromatic rings. The monoisotopic (exact) mass is 310 g/mol. The van der Waals surface area contributed by atoms with Crippen LogP contribution in [0.25, 0.3) is 0 Å². The van der Waals surface area contributed by atoms with E-state index in [0.717, 1.165) is 35.5 Å². The van der Waals surface area contributed by atoms with Crippen molar-refractivity contribution in [3.63, 3.8) is 0 Å². The quantitative estimate of drug-likeness (QED) is 0.485. The lowest BCUT2D eigenvalue weighted by atomic mass is 9.39. The summed E-state index contributed by atoms with van der Waals surface area (Å²) in [5.41, 5.74) is 0.500. The summed E-state index contributed by atoms with van der Waals surface area (Å²) in [5.74, 6) is 6.63. The van der Waals surface area contributed by atoms with Crippen LogP contribution in [-0.2, 0) is 0 Å². The summed E-state index contributed by atoms with van der Waals surface area (Å²) in [6, 6.07) is 0. The molecule has 0 aliphatic heterocycles. The smallest absolute Gasteiger partial charge is 0.0323 e. The lowest BCUT2D eigenvalue weighted by molar-refractivity contribution is -0.177. The van der Waals surface area contributed by atoms with Gasteiger partial charge in [0.25, 0.3) is 0 Å². The van der Waals surface area contributed by atoms with Crippen molar-refractivity contribution < 1.29 is 0 Å².